The van der Waals surface area contributed by atoms with Gasteiger partial charge in [0, 0.05) is 19.4 Å². The van der Waals surface area contributed by atoms with Crippen molar-refractivity contribution in [1.82, 2.24) is 5.32 Å². The van der Waals surface area contributed by atoms with Gasteiger partial charge in [-0.1, -0.05) is 83.5 Å². The number of rotatable bonds is 22. The van der Waals surface area contributed by atoms with E-state index >= 15 is 0 Å². The maximum Gasteiger partial charge on any atom is 0.119 e. The van der Waals surface area contributed by atoms with E-state index in [9.17, 15) is 4.79 Å². The summed E-state index contributed by atoms with van der Waals surface area (Å²) in [6, 6.07) is 0. The van der Waals surface area contributed by atoms with Crippen LogP contribution in [0.2, 0.25) is 0 Å². The Morgan fingerprint density at radius 3 is 1.33 bits per heavy atom. The van der Waals surface area contributed by atoms with Crippen LogP contribution in [0.15, 0.2) is 0 Å². The highest BCUT2D eigenvalue weighted by atomic mass is 16.1. The average Bonchev–Trinajstić information content (AvgIpc) is 2.62. The zero-order valence-corrected chi connectivity index (χ0v) is 19.1. The minimum Gasteiger partial charge on any atom is -0.331 e. The molecular formula is C24H51N2O+. The summed E-state index contributed by atoms with van der Waals surface area (Å²) in [5.41, 5.74) is 0. The molecular weight excluding hydrogens is 332 g/mol. The van der Waals surface area contributed by atoms with Crippen LogP contribution in [-0.4, -0.2) is 51.5 Å². The molecule has 3 heteroatoms. The number of hydrogen-bond donors (Lipinski definition) is 1. The van der Waals surface area contributed by atoms with Crippen LogP contribution in [0.5, 0.6) is 0 Å². The summed E-state index contributed by atoms with van der Waals surface area (Å²) < 4.78 is 1.07. The normalized spacial score (nSPS) is 11.8. The van der Waals surface area contributed by atoms with E-state index in [4.69, 9.17) is 0 Å². The molecule has 0 saturated carbocycles. The average molecular weight is 384 g/mol. The van der Waals surface area contributed by atoms with Gasteiger partial charge in [-0.25, -0.2) is 0 Å². The summed E-state index contributed by atoms with van der Waals surface area (Å²) in [6.07, 6.45) is 23.7. The molecule has 0 unspecified atom stereocenters. The second kappa shape index (κ2) is 20.3. The summed E-state index contributed by atoms with van der Waals surface area (Å²) in [5.74, 6) is 0. The minimum absolute atomic E-state index is 0.758. The quantitative estimate of drug-likeness (QED) is 0.139. The van der Waals surface area contributed by atoms with Gasteiger partial charge in [-0.05, 0) is 19.4 Å². The molecule has 0 spiro atoms. The van der Waals surface area contributed by atoms with Crippen molar-refractivity contribution in [2.45, 2.75) is 109 Å². The molecule has 0 aromatic heterocycles. The summed E-state index contributed by atoms with van der Waals surface area (Å²) >= 11 is 0. The lowest BCUT2D eigenvalue weighted by molar-refractivity contribution is -0.870. The van der Waals surface area contributed by atoms with E-state index in [1.807, 2.05) is 0 Å². The van der Waals surface area contributed by atoms with E-state index in [1.165, 1.54) is 116 Å². The number of carbonyl (C=O) groups is 1. The summed E-state index contributed by atoms with van der Waals surface area (Å²) in [4.78, 5) is 10.2. The third-order valence-corrected chi connectivity index (χ3v) is 5.36. The molecule has 0 atom stereocenters. The van der Waals surface area contributed by atoms with Gasteiger partial charge in [0.05, 0.1) is 27.7 Å². The number of aldehydes is 1. The van der Waals surface area contributed by atoms with Crippen molar-refractivity contribution in [3.8, 4) is 0 Å². The van der Waals surface area contributed by atoms with E-state index in [2.05, 4.69) is 26.5 Å². The first kappa shape index (κ1) is 26.6. The molecule has 0 amide bonds. The van der Waals surface area contributed by atoms with E-state index in [-0.39, 0.29) is 0 Å². The Labute approximate surface area is 171 Å². The lowest BCUT2D eigenvalue weighted by atomic mass is 10.0. The Kier molecular flexibility index (Phi) is 20.0. The first-order chi connectivity index (χ1) is 13.1. The van der Waals surface area contributed by atoms with Crippen LogP contribution < -0.4 is 5.32 Å². The first-order valence-corrected chi connectivity index (χ1v) is 12.0. The van der Waals surface area contributed by atoms with Crippen molar-refractivity contribution in [2.24, 2.45) is 0 Å². The second-order valence-electron chi connectivity index (χ2n) is 9.38. The Morgan fingerprint density at radius 2 is 0.926 bits per heavy atom. The lowest BCUT2D eigenvalue weighted by Gasteiger charge is -2.23. The molecule has 0 aromatic carbocycles. The van der Waals surface area contributed by atoms with E-state index in [0.717, 1.165) is 23.6 Å². The van der Waals surface area contributed by atoms with Crippen LogP contribution in [-0.2, 0) is 4.79 Å². The SMILES string of the molecule is C[N+](C)(C)CCCNCCCCCCCCCCCCCCCCCC=O. The molecule has 27 heavy (non-hydrogen) atoms. The maximum absolute atomic E-state index is 10.2. The van der Waals surface area contributed by atoms with Crippen molar-refractivity contribution in [3.05, 3.63) is 0 Å². The zero-order chi connectivity index (χ0) is 20.1. The number of unbranched alkanes of at least 4 members (excludes halogenated alkanes) is 15. The Bertz CT molecular complexity index is 299. The van der Waals surface area contributed by atoms with Gasteiger partial charge < -0.3 is 14.6 Å². The number of nitrogens with zero attached hydrogens (tertiary/aromatic N) is 1. The number of nitrogens with one attached hydrogen (secondary N) is 1. The van der Waals surface area contributed by atoms with Crippen LogP contribution in [0, 0.1) is 0 Å². The Balaban J connectivity index is 3.02. The van der Waals surface area contributed by atoms with Gasteiger partial charge in [0.15, 0.2) is 0 Å². The van der Waals surface area contributed by atoms with E-state index in [0.29, 0.717) is 0 Å². The molecule has 3 nitrogen and oxygen atoms in total. The number of quaternary nitrogens is 1. The molecule has 0 fully saturated rings. The molecule has 0 bridgehead atoms. The molecule has 0 heterocycles. The maximum atomic E-state index is 10.2. The van der Waals surface area contributed by atoms with Crippen LogP contribution in [0.4, 0.5) is 0 Å². The topological polar surface area (TPSA) is 29.1 Å². The van der Waals surface area contributed by atoms with Gasteiger partial charge in [0.1, 0.15) is 6.29 Å². The zero-order valence-electron chi connectivity index (χ0n) is 19.1. The molecule has 0 aliphatic heterocycles. The van der Waals surface area contributed by atoms with Crippen molar-refractivity contribution in [3.63, 3.8) is 0 Å². The summed E-state index contributed by atoms with van der Waals surface area (Å²) in [7, 11) is 6.80. The first-order valence-electron chi connectivity index (χ1n) is 12.0. The van der Waals surface area contributed by atoms with Crippen LogP contribution in [0.1, 0.15) is 109 Å². The number of carbonyl (C=O) groups excluding carboxylic acids is 1. The van der Waals surface area contributed by atoms with E-state index < -0.39 is 0 Å². The third-order valence-electron chi connectivity index (χ3n) is 5.36. The van der Waals surface area contributed by atoms with Crippen LogP contribution >= 0.6 is 0 Å². The molecule has 0 radical (unpaired) electrons. The predicted octanol–water partition coefficient (Wildman–Crippen LogP) is 6.11. The second-order valence-corrected chi connectivity index (χ2v) is 9.38. The van der Waals surface area contributed by atoms with Gasteiger partial charge in [0.2, 0.25) is 0 Å². The molecule has 162 valence electrons. The number of hydrogen-bond acceptors (Lipinski definition) is 2. The fourth-order valence-corrected chi connectivity index (χ4v) is 3.58. The van der Waals surface area contributed by atoms with Gasteiger partial charge in [-0.3, -0.25) is 0 Å². The smallest absolute Gasteiger partial charge is 0.119 e. The summed E-state index contributed by atoms with van der Waals surface area (Å²) in [6.45, 7) is 3.64. The highest BCUT2D eigenvalue weighted by molar-refractivity contribution is 5.48. The highest BCUT2D eigenvalue weighted by Crippen LogP contribution is 2.13. The van der Waals surface area contributed by atoms with Crippen LogP contribution in [0.3, 0.4) is 0 Å². The molecule has 1 N–H and O–H groups in total. The standard InChI is InChI=1S/C24H51N2O/c1-26(2,3)23-20-22-25-21-18-16-14-12-10-8-6-4-5-7-9-11-13-15-17-19-24-27/h24-25H,4-23H2,1-3H3/q+1. The van der Waals surface area contributed by atoms with Crippen molar-refractivity contribution >= 4 is 6.29 Å². The van der Waals surface area contributed by atoms with Crippen molar-refractivity contribution in [1.29, 1.82) is 0 Å². The summed E-state index contributed by atoms with van der Waals surface area (Å²) in [5, 5.41) is 3.59. The Hall–Kier alpha value is -0.410. The molecule has 0 rings (SSSR count). The van der Waals surface area contributed by atoms with Gasteiger partial charge in [-0.15, -0.1) is 0 Å². The monoisotopic (exact) mass is 383 g/mol. The van der Waals surface area contributed by atoms with Crippen LogP contribution in [0.25, 0.3) is 0 Å². The molecule has 0 aliphatic rings. The fraction of sp³-hybridized carbons (Fsp3) is 0.958. The Morgan fingerprint density at radius 1 is 0.556 bits per heavy atom. The highest BCUT2D eigenvalue weighted by Gasteiger charge is 2.04. The van der Waals surface area contributed by atoms with Crippen molar-refractivity contribution < 1.29 is 9.28 Å². The third kappa shape index (κ3) is 25.6. The minimum atomic E-state index is 0.758. The predicted molar refractivity (Wildman–Crippen MR) is 120 cm³/mol. The van der Waals surface area contributed by atoms with Gasteiger partial charge in [-0.2, -0.15) is 0 Å². The largest absolute Gasteiger partial charge is 0.331 e. The molecule has 0 saturated heterocycles. The van der Waals surface area contributed by atoms with Gasteiger partial charge in [0.25, 0.3) is 0 Å². The lowest BCUT2D eigenvalue weighted by Crippen LogP contribution is -2.36. The molecule has 0 aromatic rings. The van der Waals surface area contributed by atoms with Crippen molar-refractivity contribution in [2.75, 3.05) is 40.8 Å². The van der Waals surface area contributed by atoms with Gasteiger partial charge >= 0.3 is 0 Å². The molecule has 0 aliphatic carbocycles. The fourth-order valence-electron chi connectivity index (χ4n) is 3.58. The van der Waals surface area contributed by atoms with E-state index in [1.54, 1.807) is 0 Å².